The topological polar surface area (TPSA) is 61.9 Å². The molecule has 88 valence electrons. The van der Waals surface area contributed by atoms with Gasteiger partial charge in [0, 0.05) is 26.0 Å². The molecule has 2 rings (SSSR count). The number of hydrogen-bond donors (Lipinski definition) is 1. The highest BCUT2D eigenvalue weighted by Gasteiger charge is 2.10. The molecule has 2 heterocycles. The summed E-state index contributed by atoms with van der Waals surface area (Å²) in [5.41, 5.74) is 1.01. The van der Waals surface area contributed by atoms with E-state index in [-0.39, 0.29) is 5.56 Å². The quantitative estimate of drug-likeness (QED) is 0.857. The van der Waals surface area contributed by atoms with Crippen LogP contribution in [0.1, 0.15) is 5.56 Å². The van der Waals surface area contributed by atoms with E-state index in [1.54, 1.807) is 12.4 Å². The zero-order valence-corrected chi connectivity index (χ0v) is 11.4. The van der Waals surface area contributed by atoms with E-state index >= 15 is 0 Å². The summed E-state index contributed by atoms with van der Waals surface area (Å²) < 4.78 is 0.599. The minimum absolute atomic E-state index is 0.114. The van der Waals surface area contributed by atoms with Gasteiger partial charge in [-0.1, -0.05) is 0 Å². The first-order valence-corrected chi connectivity index (χ1v) is 6.09. The van der Waals surface area contributed by atoms with Gasteiger partial charge < -0.3 is 9.88 Å². The van der Waals surface area contributed by atoms with Gasteiger partial charge in [0.15, 0.2) is 0 Å². The number of hydrogen-bond acceptors (Lipinski definition) is 4. The van der Waals surface area contributed by atoms with Crippen molar-refractivity contribution in [3.8, 4) is 0 Å². The maximum atomic E-state index is 11.5. The lowest BCUT2D eigenvalue weighted by molar-refractivity contribution is 0.878. The van der Waals surface area contributed by atoms with Gasteiger partial charge in [-0.25, -0.2) is 4.98 Å². The van der Waals surface area contributed by atoms with E-state index < -0.39 is 0 Å². The van der Waals surface area contributed by atoms with Gasteiger partial charge in [0.25, 0.3) is 5.56 Å². The summed E-state index contributed by atoms with van der Waals surface area (Å²) in [5.74, 6) is 0.686. The lowest BCUT2D eigenvalue weighted by Gasteiger charge is -2.18. The van der Waals surface area contributed by atoms with Gasteiger partial charge in [-0.05, 0) is 40.3 Å². The normalized spacial score (nSPS) is 10.2. The van der Waals surface area contributed by atoms with Crippen molar-refractivity contribution in [2.24, 2.45) is 0 Å². The van der Waals surface area contributed by atoms with E-state index in [1.165, 1.54) is 6.33 Å². The fourth-order valence-electron chi connectivity index (χ4n) is 1.48. The van der Waals surface area contributed by atoms with E-state index in [0.29, 0.717) is 15.9 Å². The number of pyridine rings is 1. The molecule has 2 aromatic rings. The summed E-state index contributed by atoms with van der Waals surface area (Å²) in [4.78, 5) is 24.1. The second-order valence-corrected chi connectivity index (χ2v) is 4.66. The molecule has 6 heteroatoms. The zero-order valence-electron chi connectivity index (χ0n) is 9.22. The van der Waals surface area contributed by atoms with Gasteiger partial charge in [0.05, 0.1) is 6.33 Å². The van der Waals surface area contributed by atoms with Crippen molar-refractivity contribution in [1.82, 2.24) is 15.0 Å². The number of halogens is 1. The van der Waals surface area contributed by atoms with Crippen molar-refractivity contribution >= 4 is 28.4 Å². The second-order valence-electron chi connectivity index (χ2n) is 3.58. The Bertz CT molecular complexity index is 555. The first kappa shape index (κ1) is 12.0. The van der Waals surface area contributed by atoms with Crippen LogP contribution in [0, 0.1) is 3.57 Å². The second kappa shape index (κ2) is 5.26. The Balaban J connectivity index is 2.23. The molecule has 0 unspecified atom stereocenters. The maximum Gasteiger partial charge on any atom is 0.266 e. The van der Waals surface area contributed by atoms with Crippen molar-refractivity contribution in [3.63, 3.8) is 0 Å². The number of aromatic nitrogens is 3. The van der Waals surface area contributed by atoms with Crippen LogP contribution in [0.15, 0.2) is 35.6 Å². The Morgan fingerprint density at radius 1 is 1.41 bits per heavy atom. The lowest BCUT2D eigenvalue weighted by Crippen LogP contribution is -2.23. The number of aromatic amines is 1. The number of H-pyrrole nitrogens is 1. The Morgan fingerprint density at radius 3 is 2.82 bits per heavy atom. The Kier molecular flexibility index (Phi) is 3.72. The molecule has 0 aromatic carbocycles. The van der Waals surface area contributed by atoms with Crippen LogP contribution < -0.4 is 10.5 Å². The van der Waals surface area contributed by atoms with Crippen LogP contribution in [0.5, 0.6) is 0 Å². The molecule has 0 bridgehead atoms. The standard InChI is InChI=1S/C11H11IN4O/c1-16(6-8-2-4-13-5-3-8)10-9(12)11(17)15-7-14-10/h2-5,7H,6H2,1H3,(H,14,15,17). The van der Waals surface area contributed by atoms with Gasteiger partial charge in [-0.2, -0.15) is 0 Å². The summed E-state index contributed by atoms with van der Waals surface area (Å²) in [6, 6.07) is 3.88. The molecule has 0 aliphatic rings. The average Bonchev–Trinajstić information content (AvgIpc) is 2.34. The van der Waals surface area contributed by atoms with Crippen molar-refractivity contribution in [1.29, 1.82) is 0 Å². The summed E-state index contributed by atoms with van der Waals surface area (Å²) in [7, 11) is 1.91. The first-order valence-electron chi connectivity index (χ1n) is 5.01. The Labute approximate surface area is 112 Å². The summed E-state index contributed by atoms with van der Waals surface area (Å²) in [6.07, 6.45) is 4.92. The van der Waals surface area contributed by atoms with Crippen LogP contribution in [0.2, 0.25) is 0 Å². The molecule has 0 amide bonds. The molecule has 0 spiro atoms. The molecule has 0 fully saturated rings. The van der Waals surface area contributed by atoms with Crippen molar-refractivity contribution < 1.29 is 0 Å². The summed E-state index contributed by atoms with van der Waals surface area (Å²) >= 11 is 2.00. The zero-order chi connectivity index (χ0) is 12.3. The minimum atomic E-state index is -0.114. The van der Waals surface area contributed by atoms with Crippen molar-refractivity contribution in [2.45, 2.75) is 6.54 Å². The van der Waals surface area contributed by atoms with Crippen LogP contribution in [0.25, 0.3) is 0 Å². The fraction of sp³-hybridized carbons (Fsp3) is 0.182. The fourth-order valence-corrected chi connectivity index (χ4v) is 2.18. The third-order valence-electron chi connectivity index (χ3n) is 2.31. The van der Waals surface area contributed by atoms with Gasteiger partial charge >= 0.3 is 0 Å². The monoisotopic (exact) mass is 342 g/mol. The molecule has 1 N–H and O–H groups in total. The van der Waals surface area contributed by atoms with E-state index in [9.17, 15) is 4.79 Å². The van der Waals surface area contributed by atoms with Crippen LogP contribution in [-0.2, 0) is 6.54 Å². The smallest absolute Gasteiger partial charge is 0.266 e. The highest BCUT2D eigenvalue weighted by molar-refractivity contribution is 14.1. The molecular formula is C11H11IN4O. The van der Waals surface area contributed by atoms with Crippen LogP contribution in [0.4, 0.5) is 5.82 Å². The molecule has 0 radical (unpaired) electrons. The lowest BCUT2D eigenvalue weighted by atomic mass is 10.2. The van der Waals surface area contributed by atoms with Gasteiger partial charge in [-0.15, -0.1) is 0 Å². The third-order valence-corrected chi connectivity index (χ3v) is 3.28. The number of nitrogens with one attached hydrogen (secondary N) is 1. The molecule has 0 aliphatic carbocycles. The predicted molar refractivity (Wildman–Crippen MR) is 73.9 cm³/mol. The SMILES string of the molecule is CN(Cc1ccncc1)c1nc[nH]c(=O)c1I. The largest absolute Gasteiger partial charge is 0.354 e. The van der Waals surface area contributed by atoms with Crippen molar-refractivity contribution in [3.05, 3.63) is 50.3 Å². The predicted octanol–water partition coefficient (Wildman–Crippen LogP) is 1.41. The highest BCUT2D eigenvalue weighted by Crippen LogP contribution is 2.15. The van der Waals surface area contributed by atoms with E-state index in [1.807, 2.05) is 46.7 Å². The Hall–Kier alpha value is -1.44. The molecule has 0 saturated heterocycles. The average molecular weight is 342 g/mol. The van der Waals surface area contributed by atoms with E-state index in [4.69, 9.17) is 0 Å². The first-order chi connectivity index (χ1) is 8.18. The van der Waals surface area contributed by atoms with E-state index in [0.717, 1.165) is 5.56 Å². The molecule has 0 saturated carbocycles. The maximum absolute atomic E-state index is 11.5. The van der Waals surface area contributed by atoms with Gasteiger partial charge in [-0.3, -0.25) is 9.78 Å². The highest BCUT2D eigenvalue weighted by atomic mass is 127. The van der Waals surface area contributed by atoms with Crippen LogP contribution >= 0.6 is 22.6 Å². The van der Waals surface area contributed by atoms with Crippen LogP contribution in [0.3, 0.4) is 0 Å². The molecule has 5 nitrogen and oxygen atoms in total. The van der Waals surface area contributed by atoms with E-state index in [2.05, 4.69) is 15.0 Å². The molecular weight excluding hydrogens is 331 g/mol. The Morgan fingerprint density at radius 2 is 2.12 bits per heavy atom. The van der Waals surface area contributed by atoms with Crippen LogP contribution in [-0.4, -0.2) is 22.0 Å². The number of nitrogens with zero attached hydrogens (tertiary/aromatic N) is 3. The summed E-state index contributed by atoms with van der Waals surface area (Å²) in [6.45, 7) is 0.689. The minimum Gasteiger partial charge on any atom is -0.354 e. The number of rotatable bonds is 3. The molecule has 0 atom stereocenters. The number of anilines is 1. The van der Waals surface area contributed by atoms with Gasteiger partial charge in [0.2, 0.25) is 0 Å². The molecule has 17 heavy (non-hydrogen) atoms. The molecule has 2 aromatic heterocycles. The van der Waals surface area contributed by atoms with Crippen molar-refractivity contribution in [2.75, 3.05) is 11.9 Å². The third kappa shape index (κ3) is 2.82. The molecule has 0 aliphatic heterocycles. The summed E-state index contributed by atoms with van der Waals surface area (Å²) in [5, 5.41) is 0. The van der Waals surface area contributed by atoms with Gasteiger partial charge in [0.1, 0.15) is 9.39 Å².